The molecule has 1 aromatic rings. The Morgan fingerprint density at radius 3 is 2.84 bits per heavy atom. The minimum atomic E-state index is 0.739. The van der Waals surface area contributed by atoms with Gasteiger partial charge in [0.2, 0.25) is 0 Å². The Morgan fingerprint density at radius 1 is 1.32 bits per heavy atom. The zero-order chi connectivity index (χ0) is 13.3. The standard InChI is InChI=1S/C17H29NS/c1-2-11-18-17(9-8-16-10-12-19-14-16)13-15-6-4-3-5-7-15/h10,12,14-15,17-18H,2-9,11,13H2,1H3. The van der Waals surface area contributed by atoms with E-state index in [0.717, 1.165) is 12.0 Å². The van der Waals surface area contributed by atoms with E-state index in [4.69, 9.17) is 0 Å². The molecule has 0 bridgehead atoms. The highest BCUT2D eigenvalue weighted by Crippen LogP contribution is 2.28. The zero-order valence-corrected chi connectivity index (χ0v) is 13.2. The van der Waals surface area contributed by atoms with Gasteiger partial charge < -0.3 is 5.32 Å². The molecule has 19 heavy (non-hydrogen) atoms. The maximum absolute atomic E-state index is 3.78. The fourth-order valence-electron chi connectivity index (χ4n) is 3.25. The summed E-state index contributed by atoms with van der Waals surface area (Å²) in [6, 6.07) is 3.02. The topological polar surface area (TPSA) is 12.0 Å². The number of hydrogen-bond acceptors (Lipinski definition) is 2. The summed E-state index contributed by atoms with van der Waals surface area (Å²) in [6.45, 7) is 3.45. The number of hydrogen-bond donors (Lipinski definition) is 1. The molecule has 1 aliphatic rings. The van der Waals surface area contributed by atoms with E-state index in [2.05, 4.69) is 29.1 Å². The first-order chi connectivity index (χ1) is 9.38. The number of nitrogens with one attached hydrogen (secondary N) is 1. The van der Waals surface area contributed by atoms with Gasteiger partial charge in [-0.15, -0.1) is 0 Å². The maximum Gasteiger partial charge on any atom is 0.00728 e. The lowest BCUT2D eigenvalue weighted by molar-refractivity contribution is 0.291. The van der Waals surface area contributed by atoms with Crippen LogP contribution in [0.4, 0.5) is 0 Å². The van der Waals surface area contributed by atoms with Gasteiger partial charge >= 0.3 is 0 Å². The largest absolute Gasteiger partial charge is 0.314 e. The van der Waals surface area contributed by atoms with Crippen LogP contribution in [-0.4, -0.2) is 12.6 Å². The molecule has 2 rings (SSSR count). The van der Waals surface area contributed by atoms with E-state index in [1.807, 2.05) is 11.3 Å². The highest BCUT2D eigenvalue weighted by atomic mass is 32.1. The van der Waals surface area contributed by atoms with Crippen LogP contribution in [0.15, 0.2) is 16.8 Å². The Kier molecular flexibility index (Phi) is 6.94. The van der Waals surface area contributed by atoms with Crippen molar-refractivity contribution in [1.29, 1.82) is 0 Å². The molecule has 0 aromatic carbocycles. The second kappa shape index (κ2) is 8.76. The summed E-state index contributed by atoms with van der Waals surface area (Å²) in [5.41, 5.74) is 1.52. The van der Waals surface area contributed by atoms with Gasteiger partial charge in [0.05, 0.1) is 0 Å². The average molecular weight is 279 g/mol. The SMILES string of the molecule is CCCNC(CCc1ccsc1)CC1CCCCC1. The predicted octanol–water partition coefficient (Wildman–Crippen LogP) is 5.02. The van der Waals surface area contributed by atoms with Crippen LogP contribution < -0.4 is 5.32 Å². The van der Waals surface area contributed by atoms with Gasteiger partial charge in [-0.2, -0.15) is 11.3 Å². The Labute approximate surface area is 122 Å². The lowest BCUT2D eigenvalue weighted by Crippen LogP contribution is -2.32. The third-order valence-electron chi connectivity index (χ3n) is 4.39. The first-order valence-electron chi connectivity index (χ1n) is 8.13. The van der Waals surface area contributed by atoms with Crippen LogP contribution in [0.2, 0.25) is 0 Å². The first-order valence-corrected chi connectivity index (χ1v) is 9.07. The Bertz CT molecular complexity index is 314. The molecule has 108 valence electrons. The van der Waals surface area contributed by atoms with Crippen molar-refractivity contribution < 1.29 is 0 Å². The van der Waals surface area contributed by atoms with Crippen molar-refractivity contribution in [3.05, 3.63) is 22.4 Å². The van der Waals surface area contributed by atoms with E-state index < -0.39 is 0 Å². The molecule has 1 heterocycles. The highest BCUT2D eigenvalue weighted by molar-refractivity contribution is 7.07. The van der Waals surface area contributed by atoms with Crippen molar-refractivity contribution in [3.8, 4) is 0 Å². The molecule has 1 atom stereocenters. The van der Waals surface area contributed by atoms with Crippen LogP contribution in [0.5, 0.6) is 0 Å². The average Bonchev–Trinajstić information content (AvgIpc) is 2.96. The third-order valence-corrected chi connectivity index (χ3v) is 5.12. The molecule has 1 aliphatic carbocycles. The van der Waals surface area contributed by atoms with Gasteiger partial charge in [0.15, 0.2) is 0 Å². The zero-order valence-electron chi connectivity index (χ0n) is 12.4. The summed E-state index contributed by atoms with van der Waals surface area (Å²) in [4.78, 5) is 0. The molecule has 0 spiro atoms. The summed E-state index contributed by atoms with van der Waals surface area (Å²) in [6.07, 6.45) is 12.6. The van der Waals surface area contributed by atoms with Crippen LogP contribution in [0.1, 0.15) is 63.9 Å². The monoisotopic (exact) mass is 279 g/mol. The summed E-state index contributed by atoms with van der Waals surface area (Å²) in [7, 11) is 0. The summed E-state index contributed by atoms with van der Waals surface area (Å²) in [5, 5.41) is 8.28. The lowest BCUT2D eigenvalue weighted by atomic mass is 9.83. The lowest BCUT2D eigenvalue weighted by Gasteiger charge is -2.27. The summed E-state index contributed by atoms with van der Waals surface area (Å²) >= 11 is 1.82. The molecule has 1 saturated carbocycles. The Balaban J connectivity index is 1.76. The molecule has 1 nitrogen and oxygen atoms in total. The van der Waals surface area contributed by atoms with Crippen LogP contribution in [0.3, 0.4) is 0 Å². The molecule has 1 aromatic heterocycles. The normalized spacial score (nSPS) is 18.6. The maximum atomic E-state index is 3.78. The summed E-state index contributed by atoms with van der Waals surface area (Å²) in [5.74, 6) is 0.991. The van der Waals surface area contributed by atoms with Crippen molar-refractivity contribution in [2.75, 3.05) is 6.54 Å². The second-order valence-electron chi connectivity index (χ2n) is 6.06. The van der Waals surface area contributed by atoms with Gasteiger partial charge in [-0.3, -0.25) is 0 Å². The van der Waals surface area contributed by atoms with E-state index >= 15 is 0 Å². The van der Waals surface area contributed by atoms with Crippen molar-refractivity contribution >= 4 is 11.3 Å². The van der Waals surface area contributed by atoms with E-state index in [0.29, 0.717) is 0 Å². The molecule has 2 heteroatoms. The fraction of sp³-hybridized carbons (Fsp3) is 0.765. The first kappa shape index (κ1) is 15.1. The van der Waals surface area contributed by atoms with Crippen molar-refractivity contribution in [3.63, 3.8) is 0 Å². The highest BCUT2D eigenvalue weighted by Gasteiger charge is 2.18. The smallest absolute Gasteiger partial charge is 0.00728 e. The molecule has 0 aliphatic heterocycles. The van der Waals surface area contributed by atoms with Gasteiger partial charge in [0.1, 0.15) is 0 Å². The fourth-order valence-corrected chi connectivity index (χ4v) is 3.96. The molecule has 1 fully saturated rings. The van der Waals surface area contributed by atoms with Crippen LogP contribution >= 0.6 is 11.3 Å². The van der Waals surface area contributed by atoms with Gasteiger partial charge in [0.25, 0.3) is 0 Å². The summed E-state index contributed by atoms with van der Waals surface area (Å²) < 4.78 is 0. The predicted molar refractivity (Wildman–Crippen MR) is 85.9 cm³/mol. The van der Waals surface area contributed by atoms with E-state index in [1.165, 1.54) is 69.9 Å². The molecule has 1 N–H and O–H groups in total. The minimum absolute atomic E-state index is 0.739. The van der Waals surface area contributed by atoms with Gasteiger partial charge in [0, 0.05) is 6.04 Å². The van der Waals surface area contributed by atoms with Crippen molar-refractivity contribution in [2.24, 2.45) is 5.92 Å². The van der Waals surface area contributed by atoms with E-state index in [9.17, 15) is 0 Å². The molecule has 0 amide bonds. The van der Waals surface area contributed by atoms with Crippen molar-refractivity contribution in [1.82, 2.24) is 5.32 Å². The van der Waals surface area contributed by atoms with Gasteiger partial charge in [-0.25, -0.2) is 0 Å². The van der Waals surface area contributed by atoms with Crippen molar-refractivity contribution in [2.45, 2.75) is 70.8 Å². The minimum Gasteiger partial charge on any atom is -0.314 e. The second-order valence-corrected chi connectivity index (χ2v) is 6.84. The number of thiophene rings is 1. The number of aryl methyl sites for hydroxylation is 1. The molecular formula is C17H29NS. The molecule has 0 radical (unpaired) electrons. The van der Waals surface area contributed by atoms with Gasteiger partial charge in [-0.1, -0.05) is 39.0 Å². The third kappa shape index (κ3) is 5.66. The quantitative estimate of drug-likeness (QED) is 0.704. The van der Waals surface area contributed by atoms with Crippen LogP contribution in [0, 0.1) is 5.92 Å². The van der Waals surface area contributed by atoms with Crippen LogP contribution in [0.25, 0.3) is 0 Å². The number of rotatable bonds is 8. The molecule has 1 unspecified atom stereocenters. The van der Waals surface area contributed by atoms with E-state index in [-0.39, 0.29) is 0 Å². The Hall–Kier alpha value is -0.340. The Morgan fingerprint density at radius 2 is 2.16 bits per heavy atom. The van der Waals surface area contributed by atoms with Crippen LogP contribution in [-0.2, 0) is 6.42 Å². The van der Waals surface area contributed by atoms with Gasteiger partial charge in [-0.05, 0) is 60.5 Å². The van der Waals surface area contributed by atoms with E-state index in [1.54, 1.807) is 0 Å². The molecule has 0 saturated heterocycles. The molecular weight excluding hydrogens is 250 g/mol.